The van der Waals surface area contributed by atoms with E-state index in [9.17, 15) is 9.59 Å². The Morgan fingerprint density at radius 2 is 1.16 bits per heavy atom. The van der Waals surface area contributed by atoms with Crippen LogP contribution in [0.3, 0.4) is 0 Å². The Bertz CT molecular complexity index is 1070. The molecule has 0 unspecified atom stereocenters. The van der Waals surface area contributed by atoms with E-state index in [1.54, 1.807) is 36.4 Å². The molecule has 0 saturated heterocycles. The number of ether oxygens (including phenoxy) is 4. The molecular formula is C24H24Cl2O6. The van der Waals surface area contributed by atoms with Gasteiger partial charge in [-0.1, -0.05) is 74.2 Å². The van der Waals surface area contributed by atoms with E-state index in [-0.39, 0.29) is 24.7 Å². The van der Waals surface area contributed by atoms with Crippen molar-refractivity contribution in [1.82, 2.24) is 0 Å². The van der Waals surface area contributed by atoms with Crippen LogP contribution in [0.5, 0.6) is 11.5 Å². The molecule has 0 fully saturated rings. The van der Waals surface area contributed by atoms with E-state index in [0.29, 0.717) is 38.0 Å². The monoisotopic (exact) mass is 478 g/mol. The summed E-state index contributed by atoms with van der Waals surface area (Å²) in [5, 5.41) is 2.28. The summed E-state index contributed by atoms with van der Waals surface area (Å²) in [4.78, 5) is 24.7. The maximum absolute atomic E-state index is 12.4. The lowest BCUT2D eigenvalue weighted by Gasteiger charge is -2.17. The zero-order chi connectivity index (χ0) is 23.1. The Morgan fingerprint density at radius 3 is 1.59 bits per heavy atom. The second-order valence-electron chi connectivity index (χ2n) is 7.09. The van der Waals surface area contributed by atoms with Gasteiger partial charge < -0.3 is 18.9 Å². The molecule has 0 aliphatic heterocycles. The van der Waals surface area contributed by atoms with Gasteiger partial charge in [0.25, 0.3) is 0 Å². The predicted octanol–water partition coefficient (Wildman–Crippen LogP) is 7.93. The molecule has 0 aliphatic carbocycles. The van der Waals surface area contributed by atoms with E-state index in [1.807, 2.05) is 13.8 Å². The molecule has 0 N–H and O–H groups in total. The average Bonchev–Trinajstić information content (AvgIpc) is 2.76. The minimum atomic E-state index is -0.867. The summed E-state index contributed by atoms with van der Waals surface area (Å²) >= 11 is 13.0. The van der Waals surface area contributed by atoms with Gasteiger partial charge in [-0.3, -0.25) is 0 Å². The summed E-state index contributed by atoms with van der Waals surface area (Å²) < 4.78 is 21.5. The number of carbonyl (C=O) groups excluding carboxylic acids is 2. The molecule has 32 heavy (non-hydrogen) atoms. The molecule has 0 aromatic heterocycles. The zero-order valence-corrected chi connectivity index (χ0v) is 19.4. The van der Waals surface area contributed by atoms with Gasteiger partial charge in [0.2, 0.25) is 0 Å². The molecule has 3 aromatic rings. The Kier molecular flexibility index (Phi) is 8.42. The van der Waals surface area contributed by atoms with Crippen molar-refractivity contribution in [2.75, 3.05) is 13.2 Å². The Hall–Kier alpha value is -2.70. The standard InChI is InChI=1S/C24H24Cl2O6/c1-3-5-13-29-23(27)31-21-15-9-7-11-17(25)19(15)22(32-24(28)30-14-6-4-2)20-16(21)10-8-12-18(20)26/h7-12H,3-6,13-14H2,1-2H3. The van der Waals surface area contributed by atoms with E-state index in [2.05, 4.69) is 0 Å². The maximum Gasteiger partial charge on any atom is 0.513 e. The first kappa shape index (κ1) is 24.0. The highest BCUT2D eigenvalue weighted by molar-refractivity contribution is 6.40. The second-order valence-corrected chi connectivity index (χ2v) is 7.91. The topological polar surface area (TPSA) is 71.1 Å². The van der Waals surface area contributed by atoms with Crippen molar-refractivity contribution in [2.45, 2.75) is 39.5 Å². The van der Waals surface area contributed by atoms with Crippen LogP contribution in [-0.2, 0) is 9.47 Å². The van der Waals surface area contributed by atoms with Gasteiger partial charge in [0.1, 0.15) is 0 Å². The lowest BCUT2D eigenvalue weighted by atomic mass is 10.0. The molecule has 170 valence electrons. The smallest absolute Gasteiger partial charge is 0.434 e. The Morgan fingerprint density at radius 1 is 0.719 bits per heavy atom. The summed E-state index contributed by atoms with van der Waals surface area (Å²) in [7, 11) is 0. The number of hydrogen-bond acceptors (Lipinski definition) is 6. The second kappa shape index (κ2) is 11.2. The van der Waals surface area contributed by atoms with Crippen molar-refractivity contribution in [3.8, 4) is 11.5 Å². The van der Waals surface area contributed by atoms with Gasteiger partial charge in [0.15, 0.2) is 11.5 Å². The Balaban J connectivity index is 2.15. The van der Waals surface area contributed by atoms with Gasteiger partial charge >= 0.3 is 12.3 Å². The van der Waals surface area contributed by atoms with Crippen molar-refractivity contribution >= 4 is 57.1 Å². The number of halogens is 2. The molecule has 0 atom stereocenters. The van der Waals surface area contributed by atoms with Crippen molar-refractivity contribution in [2.24, 2.45) is 0 Å². The molecule has 3 rings (SSSR count). The number of unbranched alkanes of at least 4 members (excludes halogenated alkanes) is 2. The fourth-order valence-corrected chi connectivity index (χ4v) is 3.72. The lowest BCUT2D eigenvalue weighted by Crippen LogP contribution is -2.14. The highest BCUT2D eigenvalue weighted by Crippen LogP contribution is 2.47. The fraction of sp³-hybridized carbons (Fsp3) is 0.333. The van der Waals surface area contributed by atoms with E-state index in [0.717, 1.165) is 19.3 Å². The van der Waals surface area contributed by atoms with E-state index in [4.69, 9.17) is 42.1 Å². The fourth-order valence-electron chi connectivity index (χ4n) is 3.20. The largest absolute Gasteiger partial charge is 0.513 e. The van der Waals surface area contributed by atoms with E-state index < -0.39 is 12.3 Å². The van der Waals surface area contributed by atoms with E-state index in [1.165, 1.54) is 0 Å². The third-order valence-corrected chi connectivity index (χ3v) is 5.41. The van der Waals surface area contributed by atoms with Gasteiger partial charge in [0, 0.05) is 21.5 Å². The molecule has 8 heteroatoms. The first-order chi connectivity index (χ1) is 15.5. The number of rotatable bonds is 8. The molecule has 0 spiro atoms. The highest BCUT2D eigenvalue weighted by atomic mass is 35.5. The minimum Gasteiger partial charge on any atom is -0.434 e. The van der Waals surface area contributed by atoms with Gasteiger partial charge in [0.05, 0.1) is 23.3 Å². The number of hydrogen-bond donors (Lipinski definition) is 0. The molecule has 0 bridgehead atoms. The van der Waals surface area contributed by atoms with Crippen LogP contribution in [0.2, 0.25) is 10.0 Å². The molecular weight excluding hydrogens is 455 g/mol. The van der Waals surface area contributed by atoms with Crippen LogP contribution in [0.1, 0.15) is 39.5 Å². The summed E-state index contributed by atoms with van der Waals surface area (Å²) in [5.41, 5.74) is 0. The van der Waals surface area contributed by atoms with E-state index >= 15 is 0 Å². The third kappa shape index (κ3) is 5.37. The minimum absolute atomic E-state index is 0.138. The third-order valence-electron chi connectivity index (χ3n) is 4.78. The van der Waals surface area contributed by atoms with Crippen molar-refractivity contribution in [3.63, 3.8) is 0 Å². The molecule has 0 heterocycles. The summed E-state index contributed by atoms with van der Waals surface area (Å²) in [6, 6.07) is 10.1. The molecule has 0 saturated carbocycles. The quantitative estimate of drug-likeness (QED) is 0.141. The molecule has 0 aliphatic rings. The van der Waals surface area contributed by atoms with Crippen LogP contribution in [0.15, 0.2) is 36.4 Å². The van der Waals surface area contributed by atoms with Gasteiger partial charge in [-0.25, -0.2) is 9.59 Å². The normalized spacial score (nSPS) is 10.9. The average molecular weight is 479 g/mol. The first-order valence-electron chi connectivity index (χ1n) is 10.5. The van der Waals surface area contributed by atoms with Crippen LogP contribution < -0.4 is 9.47 Å². The highest BCUT2D eigenvalue weighted by Gasteiger charge is 2.24. The first-order valence-corrected chi connectivity index (χ1v) is 11.2. The lowest BCUT2D eigenvalue weighted by molar-refractivity contribution is 0.0970. The zero-order valence-electron chi connectivity index (χ0n) is 17.9. The van der Waals surface area contributed by atoms with Crippen LogP contribution in [0.25, 0.3) is 21.5 Å². The summed E-state index contributed by atoms with van der Waals surface area (Å²) in [6.07, 6.45) is 1.48. The van der Waals surface area contributed by atoms with Crippen LogP contribution in [0.4, 0.5) is 9.59 Å². The SMILES string of the molecule is CCCCOC(=O)Oc1c2cccc(Cl)c2c(OC(=O)OCCCC)c2c(Cl)cccc12. The van der Waals surface area contributed by atoms with Gasteiger partial charge in [-0.2, -0.15) is 0 Å². The van der Waals surface area contributed by atoms with Crippen LogP contribution in [-0.4, -0.2) is 25.5 Å². The number of carbonyl (C=O) groups is 2. The molecule has 3 aromatic carbocycles. The maximum atomic E-state index is 12.4. The predicted molar refractivity (Wildman–Crippen MR) is 125 cm³/mol. The van der Waals surface area contributed by atoms with Crippen molar-refractivity contribution in [3.05, 3.63) is 46.4 Å². The molecule has 0 radical (unpaired) electrons. The summed E-state index contributed by atoms with van der Waals surface area (Å²) in [6.45, 7) is 4.46. The molecule has 6 nitrogen and oxygen atoms in total. The van der Waals surface area contributed by atoms with Crippen molar-refractivity contribution < 1.29 is 28.5 Å². The Labute approximate surface area is 196 Å². The number of fused-ring (bicyclic) bond motifs is 2. The number of benzene rings is 3. The summed E-state index contributed by atoms with van der Waals surface area (Å²) in [5.74, 6) is 0.354. The van der Waals surface area contributed by atoms with Crippen LogP contribution >= 0.6 is 23.2 Å². The van der Waals surface area contributed by atoms with Gasteiger partial charge in [-0.05, 0) is 25.0 Å². The molecule has 0 amide bonds. The van der Waals surface area contributed by atoms with Crippen molar-refractivity contribution in [1.29, 1.82) is 0 Å². The van der Waals surface area contributed by atoms with Gasteiger partial charge in [-0.15, -0.1) is 0 Å². The van der Waals surface area contributed by atoms with Crippen LogP contribution in [0, 0.1) is 0 Å².